The summed E-state index contributed by atoms with van der Waals surface area (Å²) in [6.07, 6.45) is 1.71. The highest BCUT2D eigenvalue weighted by molar-refractivity contribution is 5.95. The van der Waals surface area contributed by atoms with Crippen molar-refractivity contribution in [3.05, 3.63) is 18.2 Å². The molecule has 1 saturated heterocycles. The Morgan fingerprint density at radius 1 is 1.33 bits per heavy atom. The van der Waals surface area contributed by atoms with Crippen LogP contribution in [0.25, 0.3) is 0 Å². The first-order valence-electron chi connectivity index (χ1n) is 7.42. The summed E-state index contributed by atoms with van der Waals surface area (Å²) in [5.74, 6) is 1.38. The summed E-state index contributed by atoms with van der Waals surface area (Å²) in [5.41, 5.74) is 0.431. The summed E-state index contributed by atoms with van der Waals surface area (Å²) in [7, 11) is 1.60. The van der Waals surface area contributed by atoms with E-state index >= 15 is 0 Å². The van der Waals surface area contributed by atoms with Gasteiger partial charge in [-0.15, -0.1) is 0 Å². The van der Waals surface area contributed by atoms with Crippen LogP contribution >= 0.6 is 0 Å². The van der Waals surface area contributed by atoms with E-state index in [4.69, 9.17) is 9.47 Å². The number of amides is 1. The Balaban J connectivity index is 2.11. The minimum absolute atomic E-state index is 0.0663. The molecule has 0 aromatic heterocycles. The molecule has 0 aliphatic carbocycles. The molecule has 1 aliphatic heterocycles. The Morgan fingerprint density at radius 2 is 2.05 bits per heavy atom. The second-order valence-electron chi connectivity index (χ2n) is 5.56. The third-order valence-corrected chi connectivity index (χ3v) is 3.98. The Bertz CT molecular complexity index is 496. The molecule has 116 valence electrons. The summed E-state index contributed by atoms with van der Waals surface area (Å²) in [6, 6.07) is 5.46. The minimum Gasteiger partial charge on any atom is -0.493 e. The molecule has 1 amide bonds. The van der Waals surface area contributed by atoms with Crippen LogP contribution in [0.4, 0.5) is 5.69 Å². The number of benzene rings is 1. The zero-order valence-corrected chi connectivity index (χ0v) is 13.0. The van der Waals surface area contributed by atoms with Gasteiger partial charge in [0.15, 0.2) is 11.5 Å². The second kappa shape index (κ2) is 6.80. The van der Waals surface area contributed by atoms with Gasteiger partial charge >= 0.3 is 0 Å². The number of nitrogens with one attached hydrogen (secondary N) is 2. The van der Waals surface area contributed by atoms with E-state index in [1.54, 1.807) is 7.11 Å². The molecule has 0 bridgehead atoms. The predicted molar refractivity (Wildman–Crippen MR) is 83.0 cm³/mol. The van der Waals surface area contributed by atoms with E-state index in [0.717, 1.165) is 31.6 Å². The first kappa shape index (κ1) is 15.6. The van der Waals surface area contributed by atoms with Gasteiger partial charge in [-0.1, -0.05) is 6.92 Å². The molecule has 1 aromatic rings. The molecule has 2 rings (SSSR count). The van der Waals surface area contributed by atoms with Gasteiger partial charge in [-0.05, 0) is 45.0 Å². The van der Waals surface area contributed by atoms with Crippen molar-refractivity contribution in [2.24, 2.45) is 5.41 Å². The first-order valence-corrected chi connectivity index (χ1v) is 7.42. The Morgan fingerprint density at radius 3 is 2.67 bits per heavy atom. The smallest absolute Gasteiger partial charge is 0.230 e. The van der Waals surface area contributed by atoms with Gasteiger partial charge in [-0.25, -0.2) is 0 Å². The molecular formula is C16H24N2O3. The standard InChI is InChI=1S/C16H24N2O3/c1-4-21-14-11-12(5-6-13(14)20-3)18-15(19)16(2)7-9-17-10-8-16/h5-6,11,17H,4,7-10H2,1-3H3,(H,18,19). The highest BCUT2D eigenvalue weighted by Crippen LogP contribution is 2.33. The van der Waals surface area contributed by atoms with Crippen molar-refractivity contribution < 1.29 is 14.3 Å². The number of methoxy groups -OCH3 is 1. The lowest BCUT2D eigenvalue weighted by Gasteiger charge is -2.32. The van der Waals surface area contributed by atoms with Crippen LogP contribution in [-0.4, -0.2) is 32.7 Å². The predicted octanol–water partition coefficient (Wildman–Crippen LogP) is 2.42. The van der Waals surface area contributed by atoms with Gasteiger partial charge in [0.05, 0.1) is 13.7 Å². The van der Waals surface area contributed by atoms with E-state index in [-0.39, 0.29) is 11.3 Å². The van der Waals surface area contributed by atoms with Crippen molar-refractivity contribution >= 4 is 11.6 Å². The fraction of sp³-hybridized carbons (Fsp3) is 0.562. The largest absolute Gasteiger partial charge is 0.493 e. The molecule has 2 N–H and O–H groups in total. The van der Waals surface area contributed by atoms with Crippen molar-refractivity contribution in [1.29, 1.82) is 0 Å². The van der Waals surface area contributed by atoms with Crippen LogP contribution in [0, 0.1) is 5.41 Å². The molecular weight excluding hydrogens is 268 g/mol. The van der Waals surface area contributed by atoms with Crippen molar-refractivity contribution in [3.63, 3.8) is 0 Å². The molecule has 1 aromatic carbocycles. The summed E-state index contributed by atoms with van der Waals surface area (Å²) >= 11 is 0. The van der Waals surface area contributed by atoms with Gasteiger partial charge in [0.1, 0.15) is 0 Å². The van der Waals surface area contributed by atoms with Crippen LogP contribution in [0.15, 0.2) is 18.2 Å². The summed E-state index contributed by atoms with van der Waals surface area (Å²) < 4.78 is 10.8. The Hall–Kier alpha value is -1.75. The lowest BCUT2D eigenvalue weighted by molar-refractivity contribution is -0.126. The zero-order valence-electron chi connectivity index (χ0n) is 13.0. The van der Waals surface area contributed by atoms with Crippen LogP contribution in [-0.2, 0) is 4.79 Å². The molecule has 0 radical (unpaired) electrons. The number of piperidine rings is 1. The zero-order chi connectivity index (χ0) is 15.3. The van der Waals surface area contributed by atoms with E-state index in [1.165, 1.54) is 0 Å². The SMILES string of the molecule is CCOc1cc(NC(=O)C2(C)CCNCC2)ccc1OC. The number of anilines is 1. The van der Waals surface area contributed by atoms with Gasteiger partial charge in [0.2, 0.25) is 5.91 Å². The molecule has 1 heterocycles. The van der Waals surface area contributed by atoms with Crippen molar-refractivity contribution in [2.75, 3.05) is 32.1 Å². The van der Waals surface area contributed by atoms with E-state index in [1.807, 2.05) is 32.0 Å². The van der Waals surface area contributed by atoms with Gasteiger partial charge < -0.3 is 20.1 Å². The lowest BCUT2D eigenvalue weighted by atomic mass is 9.80. The van der Waals surface area contributed by atoms with Crippen LogP contribution in [0.1, 0.15) is 26.7 Å². The number of ether oxygens (including phenoxy) is 2. The maximum absolute atomic E-state index is 12.5. The van der Waals surface area contributed by atoms with Crippen LogP contribution < -0.4 is 20.1 Å². The van der Waals surface area contributed by atoms with E-state index < -0.39 is 0 Å². The average Bonchev–Trinajstić information content (AvgIpc) is 2.48. The third-order valence-electron chi connectivity index (χ3n) is 3.98. The third kappa shape index (κ3) is 3.67. The molecule has 1 fully saturated rings. The maximum Gasteiger partial charge on any atom is 0.230 e. The minimum atomic E-state index is -0.309. The average molecular weight is 292 g/mol. The van der Waals surface area contributed by atoms with E-state index in [2.05, 4.69) is 10.6 Å². The van der Waals surface area contributed by atoms with Crippen LogP contribution in [0.2, 0.25) is 0 Å². The fourth-order valence-electron chi connectivity index (χ4n) is 2.51. The van der Waals surface area contributed by atoms with Gasteiger partial charge in [0.25, 0.3) is 0 Å². The normalized spacial score (nSPS) is 17.1. The van der Waals surface area contributed by atoms with Gasteiger partial charge in [-0.2, -0.15) is 0 Å². The van der Waals surface area contributed by atoms with Crippen LogP contribution in [0.5, 0.6) is 11.5 Å². The lowest BCUT2D eigenvalue weighted by Crippen LogP contribution is -2.42. The number of carbonyl (C=O) groups is 1. The molecule has 21 heavy (non-hydrogen) atoms. The van der Waals surface area contributed by atoms with Gasteiger partial charge in [-0.3, -0.25) is 4.79 Å². The van der Waals surface area contributed by atoms with Crippen molar-refractivity contribution in [3.8, 4) is 11.5 Å². The van der Waals surface area contributed by atoms with Crippen LogP contribution in [0.3, 0.4) is 0 Å². The summed E-state index contributed by atoms with van der Waals surface area (Å²) in [5, 5.41) is 6.28. The number of carbonyl (C=O) groups excluding carboxylic acids is 1. The Kier molecular flexibility index (Phi) is 5.07. The molecule has 0 unspecified atom stereocenters. The van der Waals surface area contributed by atoms with E-state index in [0.29, 0.717) is 18.1 Å². The fourth-order valence-corrected chi connectivity index (χ4v) is 2.51. The van der Waals surface area contributed by atoms with E-state index in [9.17, 15) is 4.79 Å². The topological polar surface area (TPSA) is 59.6 Å². The first-order chi connectivity index (χ1) is 10.1. The second-order valence-corrected chi connectivity index (χ2v) is 5.56. The molecule has 0 saturated carbocycles. The number of rotatable bonds is 5. The number of hydrogen-bond acceptors (Lipinski definition) is 4. The molecule has 0 spiro atoms. The quantitative estimate of drug-likeness (QED) is 0.875. The monoisotopic (exact) mass is 292 g/mol. The molecule has 5 nitrogen and oxygen atoms in total. The van der Waals surface area contributed by atoms with Crippen molar-refractivity contribution in [2.45, 2.75) is 26.7 Å². The maximum atomic E-state index is 12.5. The van der Waals surface area contributed by atoms with Crippen molar-refractivity contribution in [1.82, 2.24) is 5.32 Å². The summed E-state index contributed by atoms with van der Waals surface area (Å²) in [4.78, 5) is 12.5. The van der Waals surface area contributed by atoms with Gasteiger partial charge in [0, 0.05) is 17.2 Å². The molecule has 0 atom stereocenters. The highest BCUT2D eigenvalue weighted by Gasteiger charge is 2.34. The molecule has 1 aliphatic rings. The summed E-state index contributed by atoms with van der Waals surface area (Å²) in [6.45, 7) is 6.27. The Labute approximate surface area is 126 Å². The number of hydrogen-bond donors (Lipinski definition) is 2. The molecule has 5 heteroatoms. The highest BCUT2D eigenvalue weighted by atomic mass is 16.5.